The number of hydrogen-bond donors (Lipinski definition) is 1. The molecule has 19 heavy (non-hydrogen) atoms. The van der Waals surface area contributed by atoms with Crippen LogP contribution >= 0.6 is 27.5 Å². The van der Waals surface area contributed by atoms with Crippen molar-refractivity contribution in [2.45, 2.75) is 19.5 Å². The van der Waals surface area contributed by atoms with Crippen LogP contribution in [0.3, 0.4) is 0 Å². The van der Waals surface area contributed by atoms with Crippen molar-refractivity contribution in [3.05, 3.63) is 68.9 Å². The lowest BCUT2D eigenvalue weighted by Crippen LogP contribution is -2.18. The lowest BCUT2D eigenvalue weighted by Gasteiger charge is -2.15. The molecule has 0 saturated carbocycles. The van der Waals surface area contributed by atoms with E-state index < -0.39 is 0 Å². The molecule has 0 unspecified atom stereocenters. The largest absolute Gasteiger partial charge is 0.306 e. The second-order valence-electron chi connectivity index (χ2n) is 4.39. The Morgan fingerprint density at radius 1 is 1.21 bits per heavy atom. The van der Waals surface area contributed by atoms with Crippen molar-refractivity contribution >= 4 is 27.5 Å². The normalized spacial score (nSPS) is 12.4. The monoisotopic (exact) mass is 341 g/mol. The van der Waals surface area contributed by atoms with Crippen molar-refractivity contribution in [2.75, 3.05) is 0 Å². The van der Waals surface area contributed by atoms with Gasteiger partial charge in [0.15, 0.2) is 0 Å². The van der Waals surface area contributed by atoms with Gasteiger partial charge in [0.25, 0.3) is 0 Å². The third kappa shape index (κ3) is 4.03. The van der Waals surface area contributed by atoms with E-state index in [1.54, 1.807) is 12.1 Å². The minimum atomic E-state index is -0.236. The highest BCUT2D eigenvalue weighted by atomic mass is 79.9. The first kappa shape index (κ1) is 14.5. The van der Waals surface area contributed by atoms with E-state index in [0.717, 1.165) is 10.0 Å². The van der Waals surface area contributed by atoms with Gasteiger partial charge in [-0.1, -0.05) is 39.7 Å². The van der Waals surface area contributed by atoms with Gasteiger partial charge < -0.3 is 5.32 Å². The Labute approximate surface area is 125 Å². The number of hydrogen-bond acceptors (Lipinski definition) is 1. The van der Waals surface area contributed by atoms with Gasteiger partial charge in [0.1, 0.15) is 5.82 Å². The summed E-state index contributed by atoms with van der Waals surface area (Å²) in [5, 5.41) is 3.84. The third-order valence-electron chi connectivity index (χ3n) is 2.98. The number of benzene rings is 2. The van der Waals surface area contributed by atoms with Gasteiger partial charge in [0, 0.05) is 27.6 Å². The zero-order chi connectivity index (χ0) is 13.8. The van der Waals surface area contributed by atoms with Gasteiger partial charge in [0.05, 0.1) is 0 Å². The first-order valence-corrected chi connectivity index (χ1v) is 7.16. The molecule has 0 bridgehead atoms. The van der Waals surface area contributed by atoms with Gasteiger partial charge in [0.2, 0.25) is 0 Å². The summed E-state index contributed by atoms with van der Waals surface area (Å²) in [6, 6.07) is 12.8. The molecule has 1 N–H and O–H groups in total. The summed E-state index contributed by atoms with van der Waals surface area (Å²) in [6.07, 6.45) is 0. The van der Waals surface area contributed by atoms with E-state index in [4.69, 9.17) is 11.6 Å². The van der Waals surface area contributed by atoms with E-state index >= 15 is 0 Å². The molecule has 0 aliphatic carbocycles. The predicted molar refractivity (Wildman–Crippen MR) is 80.8 cm³/mol. The summed E-state index contributed by atoms with van der Waals surface area (Å²) in [6.45, 7) is 2.50. The minimum Gasteiger partial charge on any atom is -0.306 e. The molecule has 0 radical (unpaired) electrons. The third-order valence-corrected chi connectivity index (χ3v) is 3.74. The maximum atomic E-state index is 13.6. The summed E-state index contributed by atoms with van der Waals surface area (Å²) in [4.78, 5) is 0. The van der Waals surface area contributed by atoms with E-state index in [1.807, 2.05) is 31.2 Å². The molecule has 0 saturated heterocycles. The topological polar surface area (TPSA) is 12.0 Å². The summed E-state index contributed by atoms with van der Waals surface area (Å²) in [5.41, 5.74) is 1.74. The van der Waals surface area contributed by atoms with E-state index in [-0.39, 0.29) is 11.9 Å². The number of nitrogens with one attached hydrogen (secondary N) is 1. The van der Waals surface area contributed by atoms with Crippen molar-refractivity contribution in [1.29, 1.82) is 0 Å². The predicted octanol–water partition coefficient (Wildman–Crippen LogP) is 5.09. The molecule has 2 aromatic rings. The van der Waals surface area contributed by atoms with Gasteiger partial charge in [-0.15, -0.1) is 0 Å². The van der Waals surface area contributed by atoms with Crippen molar-refractivity contribution in [1.82, 2.24) is 5.32 Å². The number of halogens is 3. The molecule has 0 heterocycles. The molecule has 1 atom stereocenters. The van der Waals surface area contributed by atoms with Gasteiger partial charge >= 0.3 is 0 Å². The highest BCUT2D eigenvalue weighted by molar-refractivity contribution is 9.10. The van der Waals surface area contributed by atoms with Crippen LogP contribution in [-0.2, 0) is 6.54 Å². The van der Waals surface area contributed by atoms with Crippen molar-refractivity contribution in [2.24, 2.45) is 0 Å². The number of rotatable bonds is 4. The van der Waals surface area contributed by atoms with Gasteiger partial charge in [-0.3, -0.25) is 0 Å². The van der Waals surface area contributed by atoms with Crippen molar-refractivity contribution in [3.63, 3.8) is 0 Å². The first-order valence-electron chi connectivity index (χ1n) is 5.99. The Balaban J connectivity index is 2.02. The Morgan fingerprint density at radius 2 is 1.89 bits per heavy atom. The molecule has 0 spiro atoms. The van der Waals surface area contributed by atoms with Crippen molar-refractivity contribution < 1.29 is 4.39 Å². The molecule has 0 aliphatic rings. The van der Waals surface area contributed by atoms with Crippen LogP contribution in [0.5, 0.6) is 0 Å². The van der Waals surface area contributed by atoms with Crippen molar-refractivity contribution in [3.8, 4) is 0 Å². The highest BCUT2D eigenvalue weighted by Gasteiger charge is 2.07. The fourth-order valence-electron chi connectivity index (χ4n) is 1.81. The van der Waals surface area contributed by atoms with Gasteiger partial charge in [-0.05, 0) is 42.8 Å². The highest BCUT2D eigenvalue weighted by Crippen LogP contribution is 2.19. The molecule has 0 aliphatic heterocycles. The van der Waals surface area contributed by atoms with E-state index in [9.17, 15) is 4.39 Å². The van der Waals surface area contributed by atoms with Gasteiger partial charge in [-0.25, -0.2) is 4.39 Å². The molecule has 2 aromatic carbocycles. The molecule has 2 rings (SSSR count). The average molecular weight is 343 g/mol. The molecule has 100 valence electrons. The quantitative estimate of drug-likeness (QED) is 0.816. The van der Waals surface area contributed by atoms with E-state index in [0.29, 0.717) is 17.1 Å². The van der Waals surface area contributed by atoms with Crippen LogP contribution in [0.15, 0.2) is 46.9 Å². The van der Waals surface area contributed by atoms with Gasteiger partial charge in [-0.2, -0.15) is 0 Å². The molecular formula is C15H14BrClFN. The maximum Gasteiger partial charge on any atom is 0.127 e. The summed E-state index contributed by atoms with van der Waals surface area (Å²) in [7, 11) is 0. The smallest absolute Gasteiger partial charge is 0.127 e. The fourth-order valence-corrected chi connectivity index (χ4v) is 2.27. The fraction of sp³-hybridized carbons (Fsp3) is 0.200. The van der Waals surface area contributed by atoms with Crippen LogP contribution in [-0.4, -0.2) is 0 Å². The van der Waals surface area contributed by atoms with Crippen LogP contribution < -0.4 is 5.32 Å². The standard InChI is InChI=1S/C15H14BrClFN/c1-10(11-2-4-13(16)5-3-11)19-9-12-8-14(17)6-7-15(12)18/h2-8,10,19H,9H2,1H3/t10-/m0/s1. The minimum absolute atomic E-state index is 0.145. The first-order chi connectivity index (χ1) is 9.06. The maximum absolute atomic E-state index is 13.6. The van der Waals surface area contributed by atoms with Crippen LogP contribution in [0.1, 0.15) is 24.1 Å². The Bertz CT molecular complexity index is 557. The zero-order valence-corrected chi connectivity index (χ0v) is 12.8. The zero-order valence-electron chi connectivity index (χ0n) is 10.5. The van der Waals surface area contributed by atoms with E-state index in [1.165, 1.54) is 6.07 Å². The lowest BCUT2D eigenvalue weighted by molar-refractivity contribution is 0.544. The summed E-state index contributed by atoms with van der Waals surface area (Å²) >= 11 is 9.27. The molecule has 1 nitrogen and oxygen atoms in total. The molecule has 0 aromatic heterocycles. The Kier molecular flexibility index (Phi) is 4.97. The Morgan fingerprint density at radius 3 is 2.58 bits per heavy atom. The Hall–Kier alpha value is -0.900. The molecular weight excluding hydrogens is 329 g/mol. The SMILES string of the molecule is C[C@H](NCc1cc(Cl)ccc1F)c1ccc(Br)cc1. The molecule has 0 fully saturated rings. The van der Waals surface area contributed by atoms with Crippen LogP contribution in [0, 0.1) is 5.82 Å². The molecule has 4 heteroatoms. The second kappa shape index (κ2) is 6.51. The van der Waals surface area contributed by atoms with Crippen LogP contribution in [0.2, 0.25) is 5.02 Å². The summed E-state index contributed by atoms with van der Waals surface area (Å²) in [5.74, 6) is -0.236. The molecule has 0 amide bonds. The lowest BCUT2D eigenvalue weighted by atomic mass is 10.1. The van der Waals surface area contributed by atoms with Crippen LogP contribution in [0.4, 0.5) is 4.39 Å². The van der Waals surface area contributed by atoms with Crippen LogP contribution in [0.25, 0.3) is 0 Å². The second-order valence-corrected chi connectivity index (χ2v) is 5.74. The average Bonchev–Trinajstić information content (AvgIpc) is 2.40. The summed E-state index contributed by atoms with van der Waals surface area (Å²) < 4.78 is 14.6. The van der Waals surface area contributed by atoms with E-state index in [2.05, 4.69) is 21.2 Å².